The van der Waals surface area contributed by atoms with Gasteiger partial charge in [-0.3, -0.25) is 9.59 Å². The predicted molar refractivity (Wildman–Crippen MR) is 66.8 cm³/mol. The lowest BCUT2D eigenvalue weighted by molar-refractivity contribution is -0.196. The molecule has 0 spiro atoms. The van der Waals surface area contributed by atoms with Crippen LogP contribution < -0.4 is 5.32 Å². The molecule has 1 N–H and O–H groups in total. The minimum absolute atomic E-state index is 0.108. The summed E-state index contributed by atoms with van der Waals surface area (Å²) in [4.78, 5) is 27.8. The highest BCUT2D eigenvalue weighted by Crippen LogP contribution is 2.32. The summed E-state index contributed by atoms with van der Waals surface area (Å²) in [5, 5.41) is 5.95. The molecule has 0 radical (unpaired) electrons. The average Bonchev–Trinajstić information content (AvgIpc) is 2.84. The number of piperidine rings is 1. The molecule has 122 valence electrons. The van der Waals surface area contributed by atoms with E-state index < -0.39 is 30.1 Å². The SMILES string of the molecule is CC(=O)N1CC(NC(=O)c2noc(C)n2)CCC1C(F)(F)F. The molecule has 2 atom stereocenters. The molecule has 7 nitrogen and oxygen atoms in total. The van der Waals surface area contributed by atoms with E-state index in [9.17, 15) is 22.8 Å². The third-order valence-electron chi connectivity index (χ3n) is 3.43. The minimum atomic E-state index is -4.48. The van der Waals surface area contributed by atoms with E-state index in [4.69, 9.17) is 0 Å². The Hall–Kier alpha value is -2.13. The van der Waals surface area contributed by atoms with Gasteiger partial charge in [-0.2, -0.15) is 18.2 Å². The molecule has 2 rings (SSSR count). The van der Waals surface area contributed by atoms with E-state index in [2.05, 4.69) is 20.0 Å². The van der Waals surface area contributed by atoms with Crippen LogP contribution in [0.5, 0.6) is 0 Å². The van der Waals surface area contributed by atoms with Gasteiger partial charge in [0.15, 0.2) is 0 Å². The van der Waals surface area contributed by atoms with E-state index in [-0.39, 0.29) is 31.1 Å². The third kappa shape index (κ3) is 3.55. The van der Waals surface area contributed by atoms with Gasteiger partial charge in [-0.15, -0.1) is 0 Å². The van der Waals surface area contributed by atoms with Crippen LogP contribution in [0.3, 0.4) is 0 Å². The molecule has 22 heavy (non-hydrogen) atoms. The Balaban J connectivity index is 2.03. The summed E-state index contributed by atoms with van der Waals surface area (Å²) >= 11 is 0. The van der Waals surface area contributed by atoms with E-state index in [0.717, 1.165) is 11.8 Å². The molecule has 1 aliphatic heterocycles. The van der Waals surface area contributed by atoms with Crippen LogP contribution in [-0.4, -0.2) is 51.7 Å². The molecule has 1 aromatic rings. The van der Waals surface area contributed by atoms with Crippen LogP contribution in [0.2, 0.25) is 0 Å². The summed E-state index contributed by atoms with van der Waals surface area (Å²) in [7, 11) is 0. The van der Waals surface area contributed by atoms with Crippen molar-refractivity contribution >= 4 is 11.8 Å². The summed E-state index contributed by atoms with van der Waals surface area (Å²) in [6.07, 6.45) is -4.64. The zero-order valence-corrected chi connectivity index (χ0v) is 12.0. The van der Waals surface area contributed by atoms with Crippen LogP contribution in [0.1, 0.15) is 36.3 Å². The number of rotatable bonds is 2. The van der Waals surface area contributed by atoms with Crippen LogP contribution in [-0.2, 0) is 4.79 Å². The van der Waals surface area contributed by atoms with Gasteiger partial charge in [0.1, 0.15) is 6.04 Å². The Bertz CT molecular complexity index is 572. The van der Waals surface area contributed by atoms with Crippen LogP contribution in [0, 0.1) is 6.92 Å². The molecular formula is C12H15F3N4O3. The summed E-state index contributed by atoms with van der Waals surface area (Å²) in [6, 6.07) is -2.40. The van der Waals surface area contributed by atoms with Gasteiger partial charge in [-0.05, 0) is 12.8 Å². The van der Waals surface area contributed by atoms with Crippen LogP contribution in [0.15, 0.2) is 4.52 Å². The zero-order chi connectivity index (χ0) is 16.5. The van der Waals surface area contributed by atoms with Crippen molar-refractivity contribution in [3.05, 3.63) is 11.7 Å². The Morgan fingerprint density at radius 3 is 2.55 bits per heavy atom. The molecule has 1 aromatic heterocycles. The van der Waals surface area contributed by atoms with Gasteiger partial charge in [0.2, 0.25) is 11.8 Å². The number of amides is 2. The molecule has 1 fully saturated rings. The van der Waals surface area contributed by atoms with Crippen molar-refractivity contribution in [2.24, 2.45) is 0 Å². The predicted octanol–water partition coefficient (Wildman–Crippen LogP) is 1.05. The minimum Gasteiger partial charge on any atom is -0.345 e. The molecule has 0 bridgehead atoms. The molecule has 2 unspecified atom stereocenters. The number of hydrogen-bond acceptors (Lipinski definition) is 5. The smallest absolute Gasteiger partial charge is 0.345 e. The van der Waals surface area contributed by atoms with Crippen molar-refractivity contribution in [1.29, 1.82) is 0 Å². The fourth-order valence-corrected chi connectivity index (χ4v) is 2.42. The van der Waals surface area contributed by atoms with Gasteiger partial charge in [0.25, 0.3) is 11.7 Å². The Morgan fingerprint density at radius 2 is 2.05 bits per heavy atom. The normalized spacial score (nSPS) is 22.5. The second-order valence-corrected chi connectivity index (χ2v) is 5.11. The monoisotopic (exact) mass is 320 g/mol. The van der Waals surface area contributed by atoms with Crippen molar-refractivity contribution in [3.8, 4) is 0 Å². The molecule has 10 heteroatoms. The number of nitrogens with one attached hydrogen (secondary N) is 1. The average molecular weight is 320 g/mol. The lowest BCUT2D eigenvalue weighted by Gasteiger charge is -2.39. The van der Waals surface area contributed by atoms with E-state index in [1.807, 2.05) is 0 Å². The number of carbonyl (C=O) groups is 2. The molecule has 2 amide bonds. The molecule has 1 saturated heterocycles. The first-order chi connectivity index (χ1) is 10.2. The topological polar surface area (TPSA) is 88.3 Å². The van der Waals surface area contributed by atoms with Gasteiger partial charge in [-0.1, -0.05) is 5.16 Å². The van der Waals surface area contributed by atoms with Gasteiger partial charge in [0.05, 0.1) is 0 Å². The molecule has 2 heterocycles. The second-order valence-electron chi connectivity index (χ2n) is 5.11. The first-order valence-electron chi connectivity index (χ1n) is 6.63. The molecule has 0 aliphatic carbocycles. The fraction of sp³-hybridized carbons (Fsp3) is 0.667. The Labute approximate surface area is 123 Å². The summed E-state index contributed by atoms with van der Waals surface area (Å²) in [5.41, 5.74) is 0. The number of aryl methyl sites for hydroxylation is 1. The van der Waals surface area contributed by atoms with Crippen LogP contribution in [0.4, 0.5) is 13.2 Å². The first-order valence-corrected chi connectivity index (χ1v) is 6.63. The maximum Gasteiger partial charge on any atom is 0.408 e. The van der Waals surface area contributed by atoms with Crippen molar-refractivity contribution in [2.75, 3.05) is 6.54 Å². The molecule has 0 saturated carbocycles. The number of likely N-dealkylation sites (tertiary alicyclic amines) is 1. The number of halogens is 3. The third-order valence-corrected chi connectivity index (χ3v) is 3.43. The molecular weight excluding hydrogens is 305 g/mol. The summed E-state index contributed by atoms with van der Waals surface area (Å²) in [6.45, 7) is 2.38. The second kappa shape index (κ2) is 5.93. The van der Waals surface area contributed by atoms with Crippen LogP contribution >= 0.6 is 0 Å². The number of aromatic nitrogens is 2. The van der Waals surface area contributed by atoms with Crippen molar-refractivity contribution in [2.45, 2.75) is 44.9 Å². The van der Waals surface area contributed by atoms with E-state index in [1.54, 1.807) is 0 Å². The summed E-state index contributed by atoms with van der Waals surface area (Å²) < 4.78 is 43.3. The quantitative estimate of drug-likeness (QED) is 0.880. The van der Waals surface area contributed by atoms with E-state index >= 15 is 0 Å². The standard InChI is InChI=1S/C12H15F3N4O3/c1-6-16-10(18-22-6)11(21)17-8-3-4-9(12(13,14)15)19(5-8)7(2)20/h8-9H,3-5H2,1-2H3,(H,17,21). The molecule has 0 aromatic carbocycles. The van der Waals surface area contributed by atoms with E-state index in [1.165, 1.54) is 6.92 Å². The van der Waals surface area contributed by atoms with Crippen molar-refractivity contribution in [3.63, 3.8) is 0 Å². The number of carbonyl (C=O) groups excluding carboxylic acids is 2. The maximum atomic E-state index is 12.9. The highest BCUT2D eigenvalue weighted by atomic mass is 19.4. The maximum absolute atomic E-state index is 12.9. The van der Waals surface area contributed by atoms with Crippen molar-refractivity contribution < 1.29 is 27.3 Å². The summed E-state index contributed by atoms with van der Waals surface area (Å²) in [5.74, 6) is -1.31. The van der Waals surface area contributed by atoms with Gasteiger partial charge < -0.3 is 14.7 Å². The zero-order valence-electron chi connectivity index (χ0n) is 12.0. The number of hydrogen-bond donors (Lipinski definition) is 1. The highest BCUT2D eigenvalue weighted by molar-refractivity contribution is 5.90. The van der Waals surface area contributed by atoms with Gasteiger partial charge >= 0.3 is 6.18 Å². The number of alkyl halides is 3. The van der Waals surface area contributed by atoms with Crippen LogP contribution in [0.25, 0.3) is 0 Å². The Morgan fingerprint density at radius 1 is 1.36 bits per heavy atom. The fourth-order valence-electron chi connectivity index (χ4n) is 2.42. The highest BCUT2D eigenvalue weighted by Gasteiger charge is 2.47. The van der Waals surface area contributed by atoms with Crippen molar-refractivity contribution in [1.82, 2.24) is 20.4 Å². The largest absolute Gasteiger partial charge is 0.408 e. The molecule has 1 aliphatic rings. The van der Waals surface area contributed by atoms with Gasteiger partial charge in [0, 0.05) is 26.4 Å². The van der Waals surface area contributed by atoms with Gasteiger partial charge in [-0.25, -0.2) is 0 Å². The first kappa shape index (κ1) is 16.2. The lowest BCUT2D eigenvalue weighted by Crippen LogP contribution is -2.57. The number of nitrogens with zero attached hydrogens (tertiary/aromatic N) is 3. The lowest BCUT2D eigenvalue weighted by atomic mass is 9.97. The Kier molecular flexibility index (Phi) is 4.38. The van der Waals surface area contributed by atoms with E-state index in [0.29, 0.717) is 0 Å².